The molecule has 0 unspecified atom stereocenters. The number of rotatable bonds is 8. The summed E-state index contributed by atoms with van der Waals surface area (Å²) in [7, 11) is 1.57. The van der Waals surface area contributed by atoms with Crippen molar-refractivity contribution in [2.45, 2.75) is 32.1 Å². The molecule has 4 rings (SSSR count). The van der Waals surface area contributed by atoms with Gasteiger partial charge in [-0.05, 0) is 30.9 Å². The molecule has 9 nitrogen and oxygen atoms in total. The van der Waals surface area contributed by atoms with Gasteiger partial charge in [-0.25, -0.2) is 15.0 Å². The zero-order chi connectivity index (χ0) is 23.8. The van der Waals surface area contributed by atoms with Crippen LogP contribution in [0, 0.1) is 17.2 Å². The van der Waals surface area contributed by atoms with E-state index in [1.54, 1.807) is 25.3 Å². The Bertz CT molecular complexity index is 1170. The lowest BCUT2D eigenvalue weighted by Crippen LogP contribution is -2.20. The molecule has 1 aromatic carbocycles. The first-order chi connectivity index (χ1) is 16.7. The van der Waals surface area contributed by atoms with Crippen molar-refractivity contribution in [3.63, 3.8) is 0 Å². The van der Waals surface area contributed by atoms with Crippen LogP contribution in [-0.4, -0.2) is 34.5 Å². The third-order valence-electron chi connectivity index (χ3n) is 5.83. The first-order valence-corrected chi connectivity index (χ1v) is 11.3. The Morgan fingerprint density at radius 1 is 1.06 bits per heavy atom. The van der Waals surface area contributed by atoms with Gasteiger partial charge in [0.1, 0.15) is 23.5 Å². The molecule has 0 saturated heterocycles. The van der Waals surface area contributed by atoms with E-state index in [0.717, 1.165) is 6.54 Å². The van der Waals surface area contributed by atoms with Gasteiger partial charge in [0, 0.05) is 18.8 Å². The van der Waals surface area contributed by atoms with Gasteiger partial charge < -0.3 is 20.7 Å². The molecule has 174 valence electrons. The highest BCUT2D eigenvalue weighted by Gasteiger charge is 2.18. The molecule has 34 heavy (non-hydrogen) atoms. The van der Waals surface area contributed by atoms with Crippen LogP contribution in [0.3, 0.4) is 0 Å². The second-order valence-corrected chi connectivity index (χ2v) is 8.18. The first kappa shape index (κ1) is 23.0. The average molecular weight is 458 g/mol. The second-order valence-electron chi connectivity index (χ2n) is 8.18. The van der Waals surface area contributed by atoms with Crippen LogP contribution in [0.1, 0.15) is 48.2 Å². The van der Waals surface area contributed by atoms with Crippen molar-refractivity contribution in [1.29, 1.82) is 5.26 Å². The Balaban J connectivity index is 1.56. The normalized spacial score (nSPS) is 13.5. The third kappa shape index (κ3) is 5.78. The van der Waals surface area contributed by atoms with E-state index in [1.165, 1.54) is 50.7 Å². The molecular weight excluding hydrogens is 430 g/mol. The Morgan fingerprint density at radius 3 is 2.59 bits per heavy atom. The maximum Gasteiger partial charge on any atom is 0.259 e. The zero-order valence-electron chi connectivity index (χ0n) is 19.0. The van der Waals surface area contributed by atoms with Gasteiger partial charge >= 0.3 is 0 Å². The number of pyridine rings is 1. The highest BCUT2D eigenvalue weighted by molar-refractivity contribution is 6.08. The lowest BCUT2D eigenvalue weighted by molar-refractivity contribution is 0.102. The summed E-state index contributed by atoms with van der Waals surface area (Å²) in [6.07, 6.45) is 10.5. The van der Waals surface area contributed by atoms with Crippen LogP contribution in [0.4, 0.5) is 23.0 Å². The number of para-hydroxylation sites is 2. The molecule has 3 aromatic rings. The minimum Gasteiger partial charge on any atom is -0.495 e. The first-order valence-electron chi connectivity index (χ1n) is 11.3. The van der Waals surface area contributed by atoms with Crippen LogP contribution < -0.4 is 20.7 Å². The van der Waals surface area contributed by atoms with Crippen LogP contribution >= 0.6 is 0 Å². The molecule has 9 heteroatoms. The van der Waals surface area contributed by atoms with E-state index < -0.39 is 0 Å². The molecule has 0 spiro atoms. The van der Waals surface area contributed by atoms with Gasteiger partial charge in [-0.3, -0.25) is 4.79 Å². The van der Waals surface area contributed by atoms with Crippen LogP contribution in [0.5, 0.6) is 5.75 Å². The van der Waals surface area contributed by atoms with Crippen LogP contribution in [0.15, 0.2) is 48.9 Å². The lowest BCUT2D eigenvalue weighted by atomic mass is 9.89. The monoisotopic (exact) mass is 457 g/mol. The van der Waals surface area contributed by atoms with E-state index in [0.29, 0.717) is 40.2 Å². The molecule has 1 aliphatic carbocycles. The van der Waals surface area contributed by atoms with Gasteiger partial charge in [-0.1, -0.05) is 31.4 Å². The van der Waals surface area contributed by atoms with E-state index >= 15 is 0 Å². The maximum absolute atomic E-state index is 13.2. The number of carbonyl (C=O) groups is 1. The molecule has 1 amide bonds. The summed E-state index contributed by atoms with van der Waals surface area (Å²) in [5, 5.41) is 18.4. The van der Waals surface area contributed by atoms with Crippen LogP contribution in [0.2, 0.25) is 0 Å². The van der Waals surface area contributed by atoms with Gasteiger partial charge in [0.2, 0.25) is 0 Å². The fourth-order valence-electron chi connectivity index (χ4n) is 4.02. The number of aromatic nitrogens is 3. The topological polar surface area (TPSA) is 125 Å². The van der Waals surface area contributed by atoms with Crippen LogP contribution in [-0.2, 0) is 0 Å². The zero-order valence-corrected chi connectivity index (χ0v) is 19.0. The predicted molar refractivity (Wildman–Crippen MR) is 130 cm³/mol. The van der Waals surface area contributed by atoms with Crippen molar-refractivity contribution in [1.82, 2.24) is 15.0 Å². The van der Waals surface area contributed by atoms with Crippen LogP contribution in [0.25, 0.3) is 0 Å². The fourth-order valence-corrected chi connectivity index (χ4v) is 4.02. The van der Waals surface area contributed by atoms with Gasteiger partial charge in [-0.2, -0.15) is 5.26 Å². The van der Waals surface area contributed by atoms with E-state index in [4.69, 9.17) is 10.00 Å². The van der Waals surface area contributed by atoms with E-state index in [1.807, 2.05) is 18.2 Å². The van der Waals surface area contributed by atoms with Crippen molar-refractivity contribution in [3.05, 3.63) is 60.2 Å². The summed E-state index contributed by atoms with van der Waals surface area (Å²) in [5.74, 6) is 1.84. The number of methoxy groups -OCH3 is 1. The van der Waals surface area contributed by atoms with Gasteiger partial charge in [0.25, 0.3) is 5.91 Å². The quantitative estimate of drug-likeness (QED) is 0.443. The highest BCUT2D eigenvalue weighted by atomic mass is 16.5. The summed E-state index contributed by atoms with van der Waals surface area (Å²) in [6, 6.07) is 11.0. The summed E-state index contributed by atoms with van der Waals surface area (Å²) in [4.78, 5) is 25.8. The largest absolute Gasteiger partial charge is 0.495 e. The molecular formula is C25H27N7O2. The molecule has 1 aliphatic rings. The summed E-state index contributed by atoms with van der Waals surface area (Å²) >= 11 is 0. The molecule has 2 aromatic heterocycles. The van der Waals surface area contributed by atoms with Crippen molar-refractivity contribution < 1.29 is 9.53 Å². The number of ether oxygens (including phenoxy) is 1. The minimum atomic E-state index is -0.284. The smallest absolute Gasteiger partial charge is 0.259 e. The SMILES string of the molecule is COc1ccccc1NC(=O)c1cnc(Nc2cnc(C#N)cn2)cc1NCC1CCCCC1. The van der Waals surface area contributed by atoms with Gasteiger partial charge in [0.15, 0.2) is 5.69 Å². The van der Waals surface area contributed by atoms with Crippen molar-refractivity contribution in [3.8, 4) is 11.8 Å². The average Bonchev–Trinajstić information content (AvgIpc) is 2.89. The Hall–Kier alpha value is -4.19. The number of nitrogens with one attached hydrogen (secondary N) is 3. The number of hydrogen-bond donors (Lipinski definition) is 3. The van der Waals surface area contributed by atoms with E-state index in [2.05, 4.69) is 30.9 Å². The van der Waals surface area contributed by atoms with Gasteiger partial charge in [0.05, 0.1) is 36.4 Å². The highest BCUT2D eigenvalue weighted by Crippen LogP contribution is 2.28. The number of benzene rings is 1. The standard InChI is InChI=1S/C25H27N7O2/c1-34-22-10-6-5-9-20(22)31-25(33)19-15-30-23(32-24-16-27-18(12-26)14-29-24)11-21(19)28-13-17-7-3-2-4-8-17/h5-6,9-11,14-17H,2-4,7-8,13H2,1H3,(H,31,33)(H2,28,29,30,32). The number of hydrogen-bond acceptors (Lipinski definition) is 8. The second kappa shape index (κ2) is 11.1. The number of anilines is 4. The third-order valence-corrected chi connectivity index (χ3v) is 5.83. The number of carbonyl (C=O) groups excluding carboxylic acids is 1. The summed E-state index contributed by atoms with van der Waals surface area (Å²) in [6.45, 7) is 0.787. The molecule has 1 fully saturated rings. The fraction of sp³-hybridized carbons (Fsp3) is 0.320. The Kier molecular flexibility index (Phi) is 7.50. The molecule has 1 saturated carbocycles. The molecule has 3 N–H and O–H groups in total. The Labute approximate surface area is 198 Å². The molecule has 2 heterocycles. The molecule has 0 radical (unpaired) electrons. The minimum absolute atomic E-state index is 0.233. The Morgan fingerprint density at radius 2 is 1.85 bits per heavy atom. The summed E-state index contributed by atoms with van der Waals surface area (Å²) < 4.78 is 5.35. The number of amides is 1. The number of nitriles is 1. The predicted octanol–water partition coefficient (Wildman–Crippen LogP) is 4.74. The molecule has 0 bridgehead atoms. The lowest BCUT2D eigenvalue weighted by Gasteiger charge is -2.23. The molecule has 0 atom stereocenters. The van der Waals surface area contributed by atoms with Gasteiger partial charge in [-0.15, -0.1) is 0 Å². The van der Waals surface area contributed by atoms with Crippen molar-refractivity contribution in [2.75, 3.05) is 29.6 Å². The van der Waals surface area contributed by atoms with E-state index in [-0.39, 0.29) is 11.6 Å². The van der Waals surface area contributed by atoms with Crippen molar-refractivity contribution in [2.24, 2.45) is 5.92 Å². The maximum atomic E-state index is 13.2. The summed E-state index contributed by atoms with van der Waals surface area (Å²) in [5.41, 5.74) is 1.93. The number of nitrogens with zero attached hydrogens (tertiary/aromatic N) is 4. The molecule has 0 aliphatic heterocycles. The van der Waals surface area contributed by atoms with Crippen molar-refractivity contribution >= 4 is 28.9 Å². The van der Waals surface area contributed by atoms with E-state index in [9.17, 15) is 4.79 Å².